The summed E-state index contributed by atoms with van der Waals surface area (Å²) in [7, 11) is 0. The molecule has 0 aromatic carbocycles. The number of unbranched alkanes of at least 4 members (excludes halogenated alkanes) is 3. The van der Waals surface area contributed by atoms with Crippen molar-refractivity contribution in [3.05, 3.63) is 0 Å². The summed E-state index contributed by atoms with van der Waals surface area (Å²) >= 11 is 0. The van der Waals surface area contributed by atoms with Gasteiger partial charge in [0.1, 0.15) is 0 Å². The van der Waals surface area contributed by atoms with Gasteiger partial charge in [-0.3, -0.25) is 0 Å². The highest BCUT2D eigenvalue weighted by Gasteiger charge is 2.51. The fraction of sp³-hybridized carbons (Fsp3) is 1.00. The topological polar surface area (TPSA) is 40.5 Å². The Morgan fingerprint density at radius 2 is 1.17 bits per heavy atom. The second-order valence-corrected chi connectivity index (χ2v) is 7.56. The molecule has 0 fully saturated rings. The minimum Gasteiger partial charge on any atom is -0.365 e. The third-order valence-electron chi connectivity index (χ3n) is 5.61. The van der Waals surface area contributed by atoms with Crippen molar-refractivity contribution in [3.63, 3.8) is 0 Å². The standard InChI is InChI=1S/C21H44O2/c1-6-11-12-13-15-19(14-7-2)20(16-8-3,17-9-4)21(22,23)18-10-5/h19,22-23H,6-18H2,1-5H3. The molecule has 0 saturated carbocycles. The van der Waals surface area contributed by atoms with E-state index in [4.69, 9.17) is 0 Å². The van der Waals surface area contributed by atoms with Crippen LogP contribution in [0.4, 0.5) is 0 Å². The van der Waals surface area contributed by atoms with Crippen molar-refractivity contribution in [1.82, 2.24) is 0 Å². The summed E-state index contributed by atoms with van der Waals surface area (Å²) in [5.74, 6) is -1.08. The Balaban J connectivity index is 5.42. The second kappa shape index (κ2) is 12.3. The highest BCUT2D eigenvalue weighted by molar-refractivity contribution is 4.96. The van der Waals surface area contributed by atoms with Crippen molar-refractivity contribution in [3.8, 4) is 0 Å². The summed E-state index contributed by atoms with van der Waals surface area (Å²) in [6.07, 6.45) is 13.7. The largest absolute Gasteiger partial charge is 0.365 e. The molecule has 23 heavy (non-hydrogen) atoms. The molecule has 0 aliphatic rings. The van der Waals surface area contributed by atoms with Gasteiger partial charge < -0.3 is 10.2 Å². The van der Waals surface area contributed by atoms with E-state index in [-0.39, 0.29) is 5.41 Å². The maximum Gasteiger partial charge on any atom is 0.168 e. The van der Waals surface area contributed by atoms with Crippen molar-refractivity contribution >= 4 is 0 Å². The molecule has 2 N–H and O–H groups in total. The zero-order valence-corrected chi connectivity index (χ0v) is 16.7. The average Bonchev–Trinajstić information content (AvgIpc) is 2.50. The smallest absolute Gasteiger partial charge is 0.168 e. The van der Waals surface area contributed by atoms with Crippen molar-refractivity contribution in [1.29, 1.82) is 0 Å². The van der Waals surface area contributed by atoms with Gasteiger partial charge in [-0.05, 0) is 31.6 Å². The summed E-state index contributed by atoms with van der Waals surface area (Å²) < 4.78 is 0. The fourth-order valence-corrected chi connectivity index (χ4v) is 4.61. The minimum atomic E-state index is -1.52. The van der Waals surface area contributed by atoms with Crippen molar-refractivity contribution in [2.24, 2.45) is 11.3 Å². The van der Waals surface area contributed by atoms with Gasteiger partial charge in [0.2, 0.25) is 0 Å². The van der Waals surface area contributed by atoms with E-state index in [1.165, 1.54) is 25.7 Å². The van der Waals surface area contributed by atoms with Crippen molar-refractivity contribution in [2.45, 2.75) is 124 Å². The lowest BCUT2D eigenvalue weighted by Gasteiger charge is -2.50. The lowest BCUT2D eigenvalue weighted by molar-refractivity contribution is -0.271. The van der Waals surface area contributed by atoms with Crippen LogP contribution in [-0.4, -0.2) is 16.0 Å². The predicted molar refractivity (Wildman–Crippen MR) is 101 cm³/mol. The van der Waals surface area contributed by atoms with Gasteiger partial charge >= 0.3 is 0 Å². The molecule has 140 valence electrons. The summed E-state index contributed by atoms with van der Waals surface area (Å²) in [5, 5.41) is 22.1. The lowest BCUT2D eigenvalue weighted by atomic mass is 9.60. The molecule has 0 aromatic heterocycles. The first-order valence-electron chi connectivity index (χ1n) is 10.4. The Morgan fingerprint density at radius 3 is 1.61 bits per heavy atom. The molecule has 0 heterocycles. The quantitative estimate of drug-likeness (QED) is 0.268. The van der Waals surface area contributed by atoms with E-state index in [2.05, 4.69) is 34.6 Å². The van der Waals surface area contributed by atoms with E-state index in [9.17, 15) is 10.2 Å². The average molecular weight is 329 g/mol. The molecule has 0 rings (SSSR count). The van der Waals surface area contributed by atoms with Crippen LogP contribution in [0.25, 0.3) is 0 Å². The Kier molecular flexibility index (Phi) is 12.3. The normalized spacial score (nSPS) is 14.2. The van der Waals surface area contributed by atoms with Gasteiger partial charge in [0.05, 0.1) is 0 Å². The first-order chi connectivity index (χ1) is 11.0. The molecule has 1 atom stereocenters. The third-order valence-corrected chi connectivity index (χ3v) is 5.61. The van der Waals surface area contributed by atoms with Gasteiger partial charge in [0.25, 0.3) is 0 Å². The van der Waals surface area contributed by atoms with E-state index >= 15 is 0 Å². The molecule has 0 aromatic rings. The van der Waals surface area contributed by atoms with Crippen LogP contribution in [0.2, 0.25) is 0 Å². The van der Waals surface area contributed by atoms with E-state index in [0.717, 1.165) is 51.4 Å². The Bertz CT molecular complexity index is 267. The number of rotatable bonds is 15. The maximum absolute atomic E-state index is 11.0. The number of aliphatic hydroxyl groups is 2. The van der Waals surface area contributed by atoms with E-state index in [0.29, 0.717) is 12.3 Å². The summed E-state index contributed by atoms with van der Waals surface area (Å²) in [6, 6.07) is 0. The molecule has 2 nitrogen and oxygen atoms in total. The molecule has 0 radical (unpaired) electrons. The van der Waals surface area contributed by atoms with Gasteiger partial charge in [0, 0.05) is 11.8 Å². The van der Waals surface area contributed by atoms with Crippen LogP contribution in [-0.2, 0) is 0 Å². The molecule has 0 aliphatic heterocycles. The van der Waals surface area contributed by atoms with Crippen LogP contribution in [0.3, 0.4) is 0 Å². The van der Waals surface area contributed by atoms with Crippen LogP contribution >= 0.6 is 0 Å². The Labute approximate surface area is 146 Å². The Hall–Kier alpha value is -0.0800. The van der Waals surface area contributed by atoms with Gasteiger partial charge in [-0.1, -0.05) is 86.0 Å². The molecule has 0 aliphatic carbocycles. The number of hydrogen-bond donors (Lipinski definition) is 2. The second-order valence-electron chi connectivity index (χ2n) is 7.56. The molecular formula is C21H44O2. The summed E-state index contributed by atoms with van der Waals surface area (Å²) in [5.41, 5.74) is -0.325. The molecule has 0 bridgehead atoms. The SMILES string of the molecule is CCCCCCC(CCC)C(CCC)(CCC)C(O)(O)CCC. The summed E-state index contributed by atoms with van der Waals surface area (Å²) in [6.45, 7) is 10.9. The first kappa shape index (κ1) is 22.9. The first-order valence-corrected chi connectivity index (χ1v) is 10.4. The van der Waals surface area contributed by atoms with Gasteiger partial charge in [-0.25, -0.2) is 0 Å². The maximum atomic E-state index is 11.0. The van der Waals surface area contributed by atoms with Crippen LogP contribution in [0.5, 0.6) is 0 Å². The molecule has 0 amide bonds. The molecular weight excluding hydrogens is 284 g/mol. The monoisotopic (exact) mass is 328 g/mol. The zero-order chi connectivity index (χ0) is 17.8. The van der Waals surface area contributed by atoms with Crippen LogP contribution in [0.15, 0.2) is 0 Å². The Morgan fingerprint density at radius 1 is 0.609 bits per heavy atom. The lowest BCUT2D eigenvalue weighted by Crippen LogP contribution is -2.53. The minimum absolute atomic E-state index is 0.325. The van der Waals surface area contributed by atoms with Crippen LogP contribution < -0.4 is 0 Å². The predicted octanol–water partition coefficient (Wildman–Crippen LogP) is 6.44. The zero-order valence-electron chi connectivity index (χ0n) is 16.7. The number of hydrogen-bond acceptors (Lipinski definition) is 2. The molecule has 2 heteroatoms. The molecule has 0 saturated heterocycles. The van der Waals surface area contributed by atoms with Crippen molar-refractivity contribution in [2.75, 3.05) is 0 Å². The third kappa shape index (κ3) is 6.74. The molecule has 0 spiro atoms. The van der Waals surface area contributed by atoms with Crippen molar-refractivity contribution < 1.29 is 10.2 Å². The van der Waals surface area contributed by atoms with Crippen LogP contribution in [0, 0.1) is 11.3 Å². The van der Waals surface area contributed by atoms with E-state index in [1.54, 1.807) is 0 Å². The van der Waals surface area contributed by atoms with E-state index in [1.807, 2.05) is 0 Å². The highest BCUT2D eigenvalue weighted by atomic mass is 16.5. The summed E-state index contributed by atoms with van der Waals surface area (Å²) in [4.78, 5) is 0. The fourth-order valence-electron chi connectivity index (χ4n) is 4.61. The highest BCUT2D eigenvalue weighted by Crippen LogP contribution is 2.51. The van der Waals surface area contributed by atoms with Gasteiger partial charge in [0.15, 0.2) is 5.79 Å². The van der Waals surface area contributed by atoms with Gasteiger partial charge in [-0.2, -0.15) is 0 Å². The van der Waals surface area contributed by atoms with E-state index < -0.39 is 5.79 Å². The molecule has 1 unspecified atom stereocenters. The van der Waals surface area contributed by atoms with Crippen LogP contribution in [0.1, 0.15) is 118 Å². The van der Waals surface area contributed by atoms with Gasteiger partial charge in [-0.15, -0.1) is 0 Å².